The van der Waals surface area contributed by atoms with E-state index in [0.717, 1.165) is 19.4 Å². The highest BCUT2D eigenvalue weighted by Gasteiger charge is 2.09. The quantitative estimate of drug-likeness (QED) is 0.483. The molecule has 0 N–H and O–H groups in total. The van der Waals surface area contributed by atoms with Gasteiger partial charge in [0.1, 0.15) is 0 Å². The third-order valence-corrected chi connectivity index (χ3v) is 1.87. The Hall–Kier alpha value is -0.830. The minimum absolute atomic E-state index is 0.0147. The highest BCUT2D eigenvalue weighted by atomic mass is 16.5. The number of rotatable bonds is 6. The molecule has 14 heavy (non-hydrogen) atoms. The summed E-state index contributed by atoms with van der Waals surface area (Å²) in [5.41, 5.74) is 0.462. The predicted octanol–water partition coefficient (Wildman–Crippen LogP) is 1.84. The molecule has 0 saturated heterocycles. The van der Waals surface area contributed by atoms with E-state index in [1.165, 1.54) is 0 Å². The molecule has 0 saturated carbocycles. The molecule has 0 amide bonds. The molecule has 3 heteroatoms. The minimum Gasteiger partial charge on any atom is -0.459 e. The Kier molecular flexibility index (Phi) is 6.21. The van der Waals surface area contributed by atoms with Crippen molar-refractivity contribution in [3.8, 4) is 0 Å². The first kappa shape index (κ1) is 13.2. The second kappa shape index (κ2) is 6.60. The third kappa shape index (κ3) is 6.66. The van der Waals surface area contributed by atoms with Crippen molar-refractivity contribution < 1.29 is 9.53 Å². The Bertz CT molecular complexity index is 199. The number of hydrogen-bond acceptors (Lipinski definition) is 3. The van der Waals surface area contributed by atoms with Crippen molar-refractivity contribution in [2.75, 3.05) is 20.6 Å². The van der Waals surface area contributed by atoms with Gasteiger partial charge < -0.3 is 9.64 Å². The average molecular weight is 199 g/mol. The highest BCUT2D eigenvalue weighted by Crippen LogP contribution is 2.05. The summed E-state index contributed by atoms with van der Waals surface area (Å²) in [5, 5.41) is 0. The molecule has 0 spiro atoms. The van der Waals surface area contributed by atoms with Crippen LogP contribution in [0.15, 0.2) is 12.2 Å². The molecule has 82 valence electrons. The summed E-state index contributed by atoms with van der Waals surface area (Å²) in [7, 11) is 4.06. The van der Waals surface area contributed by atoms with E-state index in [1.54, 1.807) is 6.92 Å². The number of ether oxygens (including phenoxy) is 1. The fourth-order valence-electron chi connectivity index (χ4n) is 1.04. The zero-order valence-electron chi connectivity index (χ0n) is 9.67. The average Bonchev–Trinajstić information content (AvgIpc) is 2.02. The second-order valence-electron chi connectivity index (χ2n) is 3.94. The Morgan fingerprint density at radius 3 is 2.50 bits per heavy atom. The van der Waals surface area contributed by atoms with Crippen molar-refractivity contribution in [2.24, 2.45) is 0 Å². The first-order valence-corrected chi connectivity index (χ1v) is 4.94. The molecule has 0 aliphatic heterocycles. The van der Waals surface area contributed by atoms with Crippen LogP contribution in [0.4, 0.5) is 0 Å². The molecule has 0 radical (unpaired) electrons. The van der Waals surface area contributed by atoms with E-state index in [-0.39, 0.29) is 12.1 Å². The summed E-state index contributed by atoms with van der Waals surface area (Å²) in [6, 6.07) is 0. The molecule has 1 atom stereocenters. The van der Waals surface area contributed by atoms with Crippen LogP contribution in [0.5, 0.6) is 0 Å². The summed E-state index contributed by atoms with van der Waals surface area (Å²) in [6.45, 7) is 8.13. The minimum atomic E-state index is -0.289. The monoisotopic (exact) mass is 199 g/mol. The molecule has 0 fully saturated rings. The number of carbonyl (C=O) groups is 1. The standard InChI is InChI=1S/C11H21NO2/c1-9(2)11(13)14-10(3)7-6-8-12(4)5/h10H,1,6-8H2,2-5H3. The number of nitrogens with zero attached hydrogens (tertiary/aromatic N) is 1. The lowest BCUT2D eigenvalue weighted by Gasteiger charge is -2.14. The normalized spacial score (nSPS) is 12.6. The maximum Gasteiger partial charge on any atom is 0.333 e. The number of esters is 1. The zero-order chi connectivity index (χ0) is 11.1. The van der Waals surface area contributed by atoms with Gasteiger partial charge in [0.05, 0.1) is 6.10 Å². The summed E-state index contributed by atoms with van der Waals surface area (Å²) < 4.78 is 5.14. The molecule has 0 rings (SSSR count). The van der Waals surface area contributed by atoms with Gasteiger partial charge in [0, 0.05) is 5.57 Å². The lowest BCUT2D eigenvalue weighted by atomic mass is 10.2. The van der Waals surface area contributed by atoms with E-state index in [1.807, 2.05) is 21.0 Å². The molecule has 0 aromatic carbocycles. The Morgan fingerprint density at radius 1 is 1.50 bits per heavy atom. The van der Waals surface area contributed by atoms with E-state index in [4.69, 9.17) is 4.74 Å². The van der Waals surface area contributed by atoms with Crippen LogP contribution in [-0.4, -0.2) is 37.6 Å². The number of hydrogen-bond donors (Lipinski definition) is 0. The van der Waals surface area contributed by atoms with Gasteiger partial charge in [0.25, 0.3) is 0 Å². The van der Waals surface area contributed by atoms with E-state index in [9.17, 15) is 4.79 Å². The van der Waals surface area contributed by atoms with Crippen LogP contribution >= 0.6 is 0 Å². The van der Waals surface area contributed by atoms with E-state index >= 15 is 0 Å². The molecular formula is C11H21NO2. The van der Waals surface area contributed by atoms with Crippen LogP contribution in [0.3, 0.4) is 0 Å². The van der Waals surface area contributed by atoms with Crippen LogP contribution in [0.2, 0.25) is 0 Å². The van der Waals surface area contributed by atoms with Crippen LogP contribution < -0.4 is 0 Å². The van der Waals surface area contributed by atoms with Gasteiger partial charge in [-0.05, 0) is 47.3 Å². The van der Waals surface area contributed by atoms with Gasteiger partial charge in [-0.1, -0.05) is 6.58 Å². The Labute approximate surface area is 86.7 Å². The molecular weight excluding hydrogens is 178 g/mol. The van der Waals surface area contributed by atoms with Gasteiger partial charge in [-0.25, -0.2) is 4.79 Å². The van der Waals surface area contributed by atoms with Crippen molar-refractivity contribution in [2.45, 2.75) is 32.8 Å². The summed E-state index contributed by atoms with van der Waals surface area (Å²) in [6.07, 6.45) is 1.92. The molecule has 0 bridgehead atoms. The lowest BCUT2D eigenvalue weighted by Crippen LogP contribution is -2.18. The predicted molar refractivity (Wildman–Crippen MR) is 58.2 cm³/mol. The van der Waals surface area contributed by atoms with Gasteiger partial charge in [-0.2, -0.15) is 0 Å². The zero-order valence-corrected chi connectivity index (χ0v) is 9.67. The van der Waals surface area contributed by atoms with Crippen LogP contribution in [0.1, 0.15) is 26.7 Å². The maximum atomic E-state index is 11.1. The smallest absolute Gasteiger partial charge is 0.333 e. The first-order chi connectivity index (χ1) is 6.43. The van der Waals surface area contributed by atoms with Gasteiger partial charge >= 0.3 is 5.97 Å². The SMILES string of the molecule is C=C(C)C(=O)OC(C)CCCN(C)C. The molecule has 0 aromatic rings. The van der Waals surface area contributed by atoms with Gasteiger partial charge in [-0.3, -0.25) is 0 Å². The van der Waals surface area contributed by atoms with Crippen LogP contribution in [0.25, 0.3) is 0 Å². The molecule has 1 unspecified atom stereocenters. The highest BCUT2D eigenvalue weighted by molar-refractivity contribution is 5.87. The fraction of sp³-hybridized carbons (Fsp3) is 0.727. The van der Waals surface area contributed by atoms with Crippen molar-refractivity contribution in [1.29, 1.82) is 0 Å². The Balaban J connectivity index is 3.60. The van der Waals surface area contributed by atoms with Crippen LogP contribution in [-0.2, 0) is 9.53 Å². The second-order valence-corrected chi connectivity index (χ2v) is 3.94. The van der Waals surface area contributed by atoms with E-state index in [2.05, 4.69) is 11.5 Å². The summed E-state index contributed by atoms with van der Waals surface area (Å²) in [4.78, 5) is 13.2. The van der Waals surface area contributed by atoms with Crippen molar-refractivity contribution >= 4 is 5.97 Å². The van der Waals surface area contributed by atoms with Crippen molar-refractivity contribution in [3.05, 3.63) is 12.2 Å². The van der Waals surface area contributed by atoms with E-state index in [0.29, 0.717) is 5.57 Å². The first-order valence-electron chi connectivity index (χ1n) is 4.94. The summed E-state index contributed by atoms with van der Waals surface area (Å²) in [5.74, 6) is -0.289. The topological polar surface area (TPSA) is 29.5 Å². The molecule has 0 aromatic heterocycles. The van der Waals surface area contributed by atoms with Gasteiger partial charge in [0.2, 0.25) is 0 Å². The molecule has 3 nitrogen and oxygen atoms in total. The van der Waals surface area contributed by atoms with Crippen LogP contribution in [0, 0.1) is 0 Å². The third-order valence-electron chi connectivity index (χ3n) is 1.87. The lowest BCUT2D eigenvalue weighted by molar-refractivity contribution is -0.143. The van der Waals surface area contributed by atoms with E-state index < -0.39 is 0 Å². The summed E-state index contributed by atoms with van der Waals surface area (Å²) >= 11 is 0. The maximum absolute atomic E-state index is 11.1. The van der Waals surface area contributed by atoms with Crippen molar-refractivity contribution in [3.63, 3.8) is 0 Å². The molecule has 0 heterocycles. The van der Waals surface area contributed by atoms with Gasteiger partial charge in [-0.15, -0.1) is 0 Å². The van der Waals surface area contributed by atoms with Gasteiger partial charge in [0.15, 0.2) is 0 Å². The number of carbonyl (C=O) groups excluding carboxylic acids is 1. The largest absolute Gasteiger partial charge is 0.459 e. The Morgan fingerprint density at radius 2 is 2.07 bits per heavy atom. The molecule has 0 aliphatic rings. The fourth-order valence-corrected chi connectivity index (χ4v) is 1.04. The van der Waals surface area contributed by atoms with Crippen molar-refractivity contribution in [1.82, 2.24) is 4.90 Å². The molecule has 0 aliphatic carbocycles.